The summed E-state index contributed by atoms with van der Waals surface area (Å²) in [6, 6.07) is 17.8. The summed E-state index contributed by atoms with van der Waals surface area (Å²) >= 11 is 0. The summed E-state index contributed by atoms with van der Waals surface area (Å²) in [5.74, 6) is -1.03. The van der Waals surface area contributed by atoms with Gasteiger partial charge in [0, 0.05) is 39.0 Å². The van der Waals surface area contributed by atoms with Gasteiger partial charge in [0.05, 0.1) is 11.8 Å². The Morgan fingerprint density at radius 3 is 2.36 bits per heavy atom. The lowest BCUT2D eigenvalue weighted by atomic mass is 9.98. The third-order valence-corrected chi connectivity index (χ3v) is 4.85. The molecule has 0 saturated carbocycles. The van der Waals surface area contributed by atoms with Crippen molar-refractivity contribution in [2.45, 2.75) is 31.7 Å². The van der Waals surface area contributed by atoms with E-state index in [2.05, 4.69) is 5.10 Å². The molecule has 6 nitrogen and oxygen atoms in total. The van der Waals surface area contributed by atoms with Crippen LogP contribution in [0.5, 0.6) is 0 Å². The molecule has 0 bridgehead atoms. The first kappa shape index (κ1) is 19.6. The van der Waals surface area contributed by atoms with Crippen LogP contribution in [0.3, 0.4) is 0 Å². The van der Waals surface area contributed by atoms with Crippen LogP contribution in [0, 0.1) is 0 Å². The van der Waals surface area contributed by atoms with Gasteiger partial charge in [-0.25, -0.2) is 5.01 Å². The van der Waals surface area contributed by atoms with Gasteiger partial charge in [-0.05, 0) is 29.7 Å². The Labute approximate surface area is 165 Å². The Morgan fingerprint density at radius 2 is 1.75 bits per heavy atom. The van der Waals surface area contributed by atoms with Gasteiger partial charge in [-0.1, -0.05) is 42.5 Å². The van der Waals surface area contributed by atoms with E-state index in [0.717, 1.165) is 22.5 Å². The first-order chi connectivity index (χ1) is 13.5. The molecule has 28 heavy (non-hydrogen) atoms. The smallest absolute Gasteiger partial charge is 0.303 e. The lowest BCUT2D eigenvalue weighted by molar-refractivity contribution is -0.137. The number of nitrogens with zero attached hydrogens (tertiary/aromatic N) is 3. The monoisotopic (exact) mass is 379 g/mol. The number of hydrogen-bond acceptors (Lipinski definition) is 4. The van der Waals surface area contributed by atoms with Crippen LogP contribution < -0.4 is 4.90 Å². The first-order valence-corrected chi connectivity index (χ1v) is 9.39. The molecule has 1 amide bonds. The van der Waals surface area contributed by atoms with Crippen molar-refractivity contribution in [3.05, 3.63) is 65.7 Å². The van der Waals surface area contributed by atoms with Crippen LogP contribution in [0.2, 0.25) is 0 Å². The van der Waals surface area contributed by atoms with Gasteiger partial charge in [0.2, 0.25) is 5.91 Å². The van der Waals surface area contributed by atoms with Crippen LogP contribution in [0.15, 0.2) is 59.7 Å². The van der Waals surface area contributed by atoms with Gasteiger partial charge < -0.3 is 10.0 Å². The predicted octanol–water partition coefficient (Wildman–Crippen LogP) is 3.69. The second-order valence-corrected chi connectivity index (χ2v) is 7.10. The molecule has 2 aromatic carbocycles. The van der Waals surface area contributed by atoms with E-state index < -0.39 is 5.97 Å². The van der Waals surface area contributed by atoms with Crippen molar-refractivity contribution >= 4 is 23.3 Å². The Hall–Kier alpha value is -3.15. The molecule has 1 atom stereocenters. The molecule has 0 aliphatic carbocycles. The maximum Gasteiger partial charge on any atom is 0.303 e. The molecule has 0 fully saturated rings. The maximum absolute atomic E-state index is 12.8. The quantitative estimate of drug-likeness (QED) is 0.796. The van der Waals surface area contributed by atoms with Crippen LogP contribution in [-0.4, -0.2) is 41.8 Å². The van der Waals surface area contributed by atoms with Gasteiger partial charge in [0.1, 0.15) is 0 Å². The minimum absolute atomic E-state index is 0.0168. The average Bonchev–Trinajstić information content (AvgIpc) is 3.14. The van der Waals surface area contributed by atoms with Gasteiger partial charge in [-0.2, -0.15) is 5.10 Å². The molecule has 1 unspecified atom stereocenters. The SMILES string of the molecule is CN(C)c1ccc(C2CC(c3ccccc3)=NN2C(=O)CCCC(=O)O)cc1. The molecule has 2 aromatic rings. The zero-order valence-electron chi connectivity index (χ0n) is 16.2. The lowest BCUT2D eigenvalue weighted by Gasteiger charge is -2.23. The molecule has 146 valence electrons. The molecule has 0 radical (unpaired) electrons. The molecule has 0 saturated heterocycles. The predicted molar refractivity (Wildman–Crippen MR) is 109 cm³/mol. The molecule has 6 heteroatoms. The second kappa shape index (κ2) is 8.69. The minimum Gasteiger partial charge on any atom is -0.481 e. The maximum atomic E-state index is 12.8. The Balaban J connectivity index is 1.84. The summed E-state index contributed by atoms with van der Waals surface area (Å²) in [6.07, 6.45) is 1.10. The standard InChI is InChI=1S/C22H25N3O3/c1-24(2)18-13-11-17(12-14-18)20-15-19(16-7-4-3-5-8-16)23-25(20)21(26)9-6-10-22(27)28/h3-5,7-8,11-14,20H,6,9-10,15H2,1-2H3,(H,27,28). The third kappa shape index (κ3) is 4.57. The molecule has 1 aliphatic heterocycles. The average molecular weight is 379 g/mol. The van der Waals surface area contributed by atoms with Crippen molar-refractivity contribution in [3.63, 3.8) is 0 Å². The van der Waals surface area contributed by atoms with Gasteiger partial charge in [-0.15, -0.1) is 0 Å². The highest BCUT2D eigenvalue weighted by Gasteiger charge is 2.32. The van der Waals surface area contributed by atoms with Crippen LogP contribution in [0.1, 0.15) is 42.9 Å². The third-order valence-electron chi connectivity index (χ3n) is 4.85. The Bertz CT molecular complexity index is 860. The van der Waals surface area contributed by atoms with E-state index >= 15 is 0 Å². The Morgan fingerprint density at radius 1 is 1.07 bits per heavy atom. The first-order valence-electron chi connectivity index (χ1n) is 9.39. The van der Waals surface area contributed by atoms with E-state index in [1.807, 2.05) is 73.6 Å². The van der Waals surface area contributed by atoms with Gasteiger partial charge >= 0.3 is 5.97 Å². The number of anilines is 1. The highest BCUT2D eigenvalue weighted by molar-refractivity contribution is 6.03. The van der Waals surface area contributed by atoms with E-state index in [4.69, 9.17) is 5.11 Å². The summed E-state index contributed by atoms with van der Waals surface area (Å²) in [5.41, 5.74) is 3.98. The molecule has 1 aliphatic rings. The van der Waals surface area contributed by atoms with Crippen molar-refractivity contribution in [2.24, 2.45) is 5.10 Å². The fraction of sp³-hybridized carbons (Fsp3) is 0.318. The number of carbonyl (C=O) groups is 2. The molecule has 1 N–H and O–H groups in total. The number of rotatable bonds is 7. The lowest BCUT2D eigenvalue weighted by Crippen LogP contribution is -2.27. The van der Waals surface area contributed by atoms with E-state index in [1.54, 1.807) is 0 Å². The highest BCUT2D eigenvalue weighted by Crippen LogP contribution is 2.34. The van der Waals surface area contributed by atoms with E-state index in [0.29, 0.717) is 12.8 Å². The zero-order valence-corrected chi connectivity index (χ0v) is 16.2. The number of hydrazone groups is 1. The van der Waals surface area contributed by atoms with Crippen molar-refractivity contribution in [2.75, 3.05) is 19.0 Å². The largest absolute Gasteiger partial charge is 0.481 e. The number of hydrogen-bond donors (Lipinski definition) is 1. The normalized spacial score (nSPS) is 16.0. The van der Waals surface area contributed by atoms with Crippen LogP contribution >= 0.6 is 0 Å². The van der Waals surface area contributed by atoms with Crippen molar-refractivity contribution in [1.82, 2.24) is 5.01 Å². The summed E-state index contributed by atoms with van der Waals surface area (Å²) in [4.78, 5) is 25.6. The van der Waals surface area contributed by atoms with Crippen LogP contribution in [-0.2, 0) is 9.59 Å². The number of carbonyl (C=O) groups excluding carboxylic acids is 1. The second-order valence-electron chi connectivity index (χ2n) is 7.10. The van der Waals surface area contributed by atoms with Crippen LogP contribution in [0.4, 0.5) is 5.69 Å². The summed E-state index contributed by atoms with van der Waals surface area (Å²) < 4.78 is 0. The van der Waals surface area contributed by atoms with E-state index in [1.165, 1.54) is 5.01 Å². The topological polar surface area (TPSA) is 73.2 Å². The van der Waals surface area contributed by atoms with Crippen LogP contribution in [0.25, 0.3) is 0 Å². The minimum atomic E-state index is -0.890. The van der Waals surface area contributed by atoms with Gasteiger partial charge in [-0.3, -0.25) is 9.59 Å². The summed E-state index contributed by atoms with van der Waals surface area (Å²) in [5, 5.41) is 15.0. The fourth-order valence-electron chi connectivity index (χ4n) is 3.30. The number of aliphatic carboxylic acids is 1. The number of carboxylic acid groups (broad SMARTS) is 1. The molecule has 3 rings (SSSR count). The van der Waals surface area contributed by atoms with E-state index in [9.17, 15) is 9.59 Å². The summed E-state index contributed by atoms with van der Waals surface area (Å²) in [7, 11) is 3.97. The number of benzene rings is 2. The zero-order chi connectivity index (χ0) is 20.1. The van der Waals surface area contributed by atoms with Crippen molar-refractivity contribution < 1.29 is 14.7 Å². The van der Waals surface area contributed by atoms with Gasteiger partial charge in [0.25, 0.3) is 0 Å². The van der Waals surface area contributed by atoms with Gasteiger partial charge in [0.15, 0.2) is 0 Å². The molecule has 0 spiro atoms. The van der Waals surface area contributed by atoms with Crippen molar-refractivity contribution in [3.8, 4) is 0 Å². The molecular weight excluding hydrogens is 354 g/mol. The molecule has 0 aromatic heterocycles. The fourth-order valence-corrected chi connectivity index (χ4v) is 3.30. The summed E-state index contributed by atoms with van der Waals surface area (Å²) in [6.45, 7) is 0. The molecule has 1 heterocycles. The Kier molecular flexibility index (Phi) is 6.09. The van der Waals surface area contributed by atoms with E-state index in [-0.39, 0.29) is 24.8 Å². The number of amides is 1. The molecular formula is C22H25N3O3. The highest BCUT2D eigenvalue weighted by atomic mass is 16.4. The van der Waals surface area contributed by atoms with Crippen molar-refractivity contribution in [1.29, 1.82) is 0 Å². The number of carboxylic acids is 1.